The van der Waals surface area contributed by atoms with E-state index in [0.717, 1.165) is 43.1 Å². The van der Waals surface area contributed by atoms with E-state index < -0.39 is 0 Å². The third kappa shape index (κ3) is 3.00. The third-order valence-electron chi connectivity index (χ3n) is 3.72. The first-order chi connectivity index (χ1) is 10.3. The van der Waals surface area contributed by atoms with Gasteiger partial charge in [0.05, 0.1) is 20.3 Å². The van der Waals surface area contributed by atoms with E-state index in [4.69, 9.17) is 9.47 Å². The fraction of sp³-hybridized carbons (Fsp3) is 0.294. The van der Waals surface area contributed by atoms with Gasteiger partial charge in [-0.2, -0.15) is 0 Å². The van der Waals surface area contributed by atoms with Gasteiger partial charge in [0, 0.05) is 24.3 Å². The zero-order valence-electron chi connectivity index (χ0n) is 12.0. The second-order valence-electron chi connectivity index (χ2n) is 4.99. The van der Waals surface area contributed by atoms with Gasteiger partial charge in [-0.15, -0.1) is 0 Å². The largest absolute Gasteiger partial charge is 0.496 e. The Morgan fingerprint density at radius 1 is 1.05 bits per heavy atom. The summed E-state index contributed by atoms with van der Waals surface area (Å²) in [6.45, 7) is 3.34. The van der Waals surface area contributed by atoms with E-state index in [9.17, 15) is 4.39 Å². The molecule has 4 heteroatoms. The predicted molar refractivity (Wildman–Crippen MR) is 81.4 cm³/mol. The first-order valence-electron chi connectivity index (χ1n) is 7.04. The maximum Gasteiger partial charge on any atom is 0.126 e. The molecule has 1 aliphatic rings. The lowest BCUT2D eigenvalue weighted by Crippen LogP contribution is -2.36. The summed E-state index contributed by atoms with van der Waals surface area (Å²) in [5.74, 6) is 0.415. The molecule has 0 aliphatic carbocycles. The summed E-state index contributed by atoms with van der Waals surface area (Å²) in [6.07, 6.45) is 0. The van der Waals surface area contributed by atoms with Crippen LogP contribution in [0, 0.1) is 5.82 Å². The Bertz CT molecular complexity index is 607. The number of hydrogen-bond acceptors (Lipinski definition) is 3. The third-order valence-corrected chi connectivity index (χ3v) is 3.72. The van der Waals surface area contributed by atoms with Crippen LogP contribution in [0.4, 0.5) is 10.1 Å². The molecule has 2 aromatic rings. The van der Waals surface area contributed by atoms with Crippen LogP contribution >= 0.6 is 0 Å². The molecule has 0 atom stereocenters. The number of ether oxygens (including phenoxy) is 2. The number of hydrogen-bond donors (Lipinski definition) is 0. The van der Waals surface area contributed by atoms with Gasteiger partial charge in [0.25, 0.3) is 0 Å². The smallest absolute Gasteiger partial charge is 0.126 e. The van der Waals surface area contributed by atoms with Crippen molar-refractivity contribution < 1.29 is 13.9 Å². The van der Waals surface area contributed by atoms with Crippen LogP contribution in [0.2, 0.25) is 0 Å². The molecule has 0 saturated carbocycles. The summed E-state index contributed by atoms with van der Waals surface area (Å²) in [7, 11) is 1.60. The summed E-state index contributed by atoms with van der Waals surface area (Å²) in [4.78, 5) is 2.29. The second-order valence-corrected chi connectivity index (χ2v) is 4.99. The van der Waals surface area contributed by atoms with Gasteiger partial charge in [-0.3, -0.25) is 0 Å². The van der Waals surface area contributed by atoms with Gasteiger partial charge in [-0.05, 0) is 35.9 Å². The van der Waals surface area contributed by atoms with E-state index in [1.165, 1.54) is 12.1 Å². The molecule has 3 rings (SSSR count). The van der Waals surface area contributed by atoms with Gasteiger partial charge in [0.1, 0.15) is 11.6 Å². The van der Waals surface area contributed by atoms with Gasteiger partial charge in [-0.25, -0.2) is 4.39 Å². The lowest BCUT2D eigenvalue weighted by Gasteiger charge is -2.29. The Morgan fingerprint density at radius 2 is 1.76 bits per heavy atom. The van der Waals surface area contributed by atoms with Crippen LogP contribution in [0.5, 0.6) is 5.75 Å². The minimum atomic E-state index is -0.261. The van der Waals surface area contributed by atoms with Crippen molar-refractivity contribution in [2.24, 2.45) is 0 Å². The SMILES string of the molecule is COc1ccc(F)cc1-c1ccc(N2CCOCC2)cc1. The fourth-order valence-electron chi connectivity index (χ4n) is 2.58. The number of morpholine rings is 1. The molecule has 0 unspecified atom stereocenters. The molecule has 0 N–H and O–H groups in total. The maximum atomic E-state index is 13.5. The molecule has 1 fully saturated rings. The van der Waals surface area contributed by atoms with E-state index in [2.05, 4.69) is 17.0 Å². The number of methoxy groups -OCH3 is 1. The molecule has 21 heavy (non-hydrogen) atoms. The topological polar surface area (TPSA) is 21.7 Å². The molecular formula is C17H18FNO2. The Labute approximate surface area is 123 Å². The first-order valence-corrected chi connectivity index (χ1v) is 7.04. The highest BCUT2D eigenvalue weighted by molar-refractivity contribution is 5.72. The predicted octanol–water partition coefficient (Wildman–Crippen LogP) is 3.34. The molecular weight excluding hydrogens is 269 g/mol. The van der Waals surface area contributed by atoms with E-state index in [1.807, 2.05) is 12.1 Å². The van der Waals surface area contributed by atoms with E-state index in [-0.39, 0.29) is 5.82 Å². The molecule has 0 spiro atoms. The number of rotatable bonds is 3. The van der Waals surface area contributed by atoms with Crippen molar-refractivity contribution in [1.29, 1.82) is 0 Å². The van der Waals surface area contributed by atoms with Crippen LogP contribution in [0.15, 0.2) is 42.5 Å². The number of anilines is 1. The van der Waals surface area contributed by atoms with Crippen LogP contribution < -0.4 is 9.64 Å². The molecule has 0 radical (unpaired) electrons. The van der Waals surface area contributed by atoms with E-state index in [0.29, 0.717) is 5.75 Å². The molecule has 110 valence electrons. The van der Waals surface area contributed by atoms with Gasteiger partial charge < -0.3 is 14.4 Å². The van der Waals surface area contributed by atoms with E-state index >= 15 is 0 Å². The summed E-state index contributed by atoms with van der Waals surface area (Å²) in [5, 5.41) is 0. The Kier molecular flexibility index (Phi) is 4.06. The average Bonchev–Trinajstić information content (AvgIpc) is 2.56. The molecule has 0 aromatic heterocycles. The molecule has 1 saturated heterocycles. The zero-order chi connectivity index (χ0) is 14.7. The maximum absolute atomic E-state index is 13.5. The Hall–Kier alpha value is -2.07. The Balaban J connectivity index is 1.88. The van der Waals surface area contributed by atoms with Crippen LogP contribution in [-0.4, -0.2) is 33.4 Å². The van der Waals surface area contributed by atoms with Gasteiger partial charge in [0.2, 0.25) is 0 Å². The second kappa shape index (κ2) is 6.14. The highest BCUT2D eigenvalue weighted by Crippen LogP contribution is 2.31. The van der Waals surface area contributed by atoms with Gasteiger partial charge in [0.15, 0.2) is 0 Å². The highest BCUT2D eigenvalue weighted by Gasteiger charge is 2.12. The monoisotopic (exact) mass is 287 g/mol. The summed E-state index contributed by atoms with van der Waals surface area (Å²) >= 11 is 0. The summed E-state index contributed by atoms with van der Waals surface area (Å²) in [5.41, 5.74) is 2.88. The molecule has 2 aromatic carbocycles. The van der Waals surface area contributed by atoms with Crippen LogP contribution in [0.25, 0.3) is 11.1 Å². The summed E-state index contributed by atoms with van der Waals surface area (Å²) in [6, 6.07) is 12.7. The quantitative estimate of drug-likeness (QED) is 0.864. The normalized spacial score (nSPS) is 15.0. The van der Waals surface area contributed by atoms with Crippen molar-refractivity contribution in [2.75, 3.05) is 38.3 Å². The number of halogens is 1. The van der Waals surface area contributed by atoms with Crippen LogP contribution in [-0.2, 0) is 4.74 Å². The molecule has 0 amide bonds. The standard InChI is InChI=1S/C17H18FNO2/c1-20-17-7-4-14(18)12-16(17)13-2-5-15(6-3-13)19-8-10-21-11-9-19/h2-7,12H,8-11H2,1H3. The molecule has 3 nitrogen and oxygen atoms in total. The van der Waals surface area contributed by atoms with Crippen molar-refractivity contribution >= 4 is 5.69 Å². The molecule has 1 aliphatic heterocycles. The lowest BCUT2D eigenvalue weighted by atomic mass is 10.0. The van der Waals surface area contributed by atoms with Crippen molar-refractivity contribution in [3.05, 3.63) is 48.3 Å². The fourth-order valence-corrected chi connectivity index (χ4v) is 2.58. The molecule has 1 heterocycles. The number of benzene rings is 2. The minimum absolute atomic E-state index is 0.261. The van der Waals surface area contributed by atoms with Crippen molar-refractivity contribution in [2.45, 2.75) is 0 Å². The van der Waals surface area contributed by atoms with Crippen molar-refractivity contribution in [1.82, 2.24) is 0 Å². The van der Waals surface area contributed by atoms with Crippen LogP contribution in [0.1, 0.15) is 0 Å². The summed E-state index contributed by atoms with van der Waals surface area (Å²) < 4.78 is 24.1. The highest BCUT2D eigenvalue weighted by atomic mass is 19.1. The van der Waals surface area contributed by atoms with Crippen molar-refractivity contribution in [3.8, 4) is 16.9 Å². The van der Waals surface area contributed by atoms with Gasteiger partial charge in [-0.1, -0.05) is 12.1 Å². The van der Waals surface area contributed by atoms with E-state index in [1.54, 1.807) is 13.2 Å². The number of nitrogens with zero attached hydrogens (tertiary/aromatic N) is 1. The first kappa shape index (κ1) is 13.9. The molecule has 0 bridgehead atoms. The zero-order valence-corrected chi connectivity index (χ0v) is 12.0. The average molecular weight is 287 g/mol. The minimum Gasteiger partial charge on any atom is -0.496 e. The lowest BCUT2D eigenvalue weighted by molar-refractivity contribution is 0.122. The van der Waals surface area contributed by atoms with Gasteiger partial charge >= 0.3 is 0 Å². The van der Waals surface area contributed by atoms with Crippen molar-refractivity contribution in [3.63, 3.8) is 0 Å². The van der Waals surface area contributed by atoms with Crippen LogP contribution in [0.3, 0.4) is 0 Å². The Morgan fingerprint density at radius 3 is 2.43 bits per heavy atom.